The van der Waals surface area contributed by atoms with Crippen LogP contribution in [0.2, 0.25) is 0 Å². The van der Waals surface area contributed by atoms with E-state index in [0.717, 1.165) is 11.0 Å². The van der Waals surface area contributed by atoms with Gasteiger partial charge in [-0.05, 0) is 41.2 Å². The smallest absolute Gasteiger partial charge is 0.319 e. The van der Waals surface area contributed by atoms with Crippen molar-refractivity contribution in [3.63, 3.8) is 0 Å². The van der Waals surface area contributed by atoms with Crippen molar-refractivity contribution in [1.29, 1.82) is 0 Å². The molecule has 3 nitrogen and oxygen atoms in total. The molecular weight excluding hydrogens is 290 g/mol. The number of carbonyl (C=O) groups is 1. The van der Waals surface area contributed by atoms with E-state index in [0.29, 0.717) is 12.6 Å². The molecule has 0 fully saturated rings. The molecule has 1 aromatic heterocycles. The van der Waals surface area contributed by atoms with Gasteiger partial charge in [0.25, 0.3) is 0 Å². The molecule has 0 atom stereocenters. The Labute approximate surface area is 109 Å². The first kappa shape index (κ1) is 13.7. The Balaban J connectivity index is 2.65. The second kappa shape index (κ2) is 6.37. The van der Waals surface area contributed by atoms with E-state index < -0.39 is 0 Å². The third kappa shape index (κ3) is 3.88. The molecular formula is C11H16BrNO2S. The van der Waals surface area contributed by atoms with E-state index in [2.05, 4.69) is 34.7 Å². The van der Waals surface area contributed by atoms with Crippen LogP contribution < -0.4 is 0 Å². The molecule has 0 bridgehead atoms. The average Bonchev–Trinajstić information content (AvgIpc) is 2.63. The molecule has 0 aliphatic heterocycles. The van der Waals surface area contributed by atoms with E-state index in [1.807, 2.05) is 11.4 Å². The minimum Gasteiger partial charge on any atom is -0.468 e. The van der Waals surface area contributed by atoms with E-state index in [1.54, 1.807) is 11.3 Å². The predicted molar refractivity (Wildman–Crippen MR) is 69.6 cm³/mol. The third-order valence-electron chi connectivity index (χ3n) is 2.33. The minimum atomic E-state index is -0.193. The van der Waals surface area contributed by atoms with Crippen molar-refractivity contribution in [2.75, 3.05) is 13.7 Å². The van der Waals surface area contributed by atoms with Crippen molar-refractivity contribution in [3.8, 4) is 0 Å². The maximum Gasteiger partial charge on any atom is 0.319 e. The molecule has 0 unspecified atom stereocenters. The van der Waals surface area contributed by atoms with Gasteiger partial charge >= 0.3 is 5.97 Å². The number of rotatable bonds is 5. The zero-order valence-electron chi connectivity index (χ0n) is 9.70. The van der Waals surface area contributed by atoms with Crippen LogP contribution in [-0.4, -0.2) is 30.6 Å². The Morgan fingerprint density at radius 1 is 1.62 bits per heavy atom. The van der Waals surface area contributed by atoms with E-state index >= 15 is 0 Å². The molecule has 0 amide bonds. The van der Waals surface area contributed by atoms with E-state index in [-0.39, 0.29) is 5.97 Å². The molecule has 0 saturated heterocycles. The Bertz CT molecular complexity index is 352. The summed E-state index contributed by atoms with van der Waals surface area (Å²) in [5, 5.41) is 2.04. The van der Waals surface area contributed by atoms with E-state index in [1.165, 1.54) is 12.0 Å². The normalized spacial score (nSPS) is 11.1. The van der Waals surface area contributed by atoms with Crippen LogP contribution in [0.1, 0.15) is 18.7 Å². The fraction of sp³-hybridized carbons (Fsp3) is 0.545. The molecule has 1 aromatic rings. The molecule has 0 aromatic carbocycles. The van der Waals surface area contributed by atoms with E-state index in [9.17, 15) is 4.79 Å². The third-order valence-corrected chi connectivity index (χ3v) is 4.24. The summed E-state index contributed by atoms with van der Waals surface area (Å²) >= 11 is 5.18. The first-order valence-electron chi connectivity index (χ1n) is 5.07. The fourth-order valence-electron chi connectivity index (χ4n) is 1.27. The number of methoxy groups -OCH3 is 1. The molecule has 0 saturated carbocycles. The summed E-state index contributed by atoms with van der Waals surface area (Å²) in [6.07, 6.45) is 0. The molecule has 90 valence electrons. The van der Waals surface area contributed by atoms with Gasteiger partial charge in [0.05, 0.1) is 13.7 Å². The quantitative estimate of drug-likeness (QED) is 0.784. The van der Waals surface area contributed by atoms with Gasteiger partial charge in [-0.3, -0.25) is 9.69 Å². The second-order valence-electron chi connectivity index (χ2n) is 3.77. The Hall–Kier alpha value is -0.390. The summed E-state index contributed by atoms with van der Waals surface area (Å²) < 4.78 is 5.80. The van der Waals surface area contributed by atoms with Crippen LogP contribution in [0.15, 0.2) is 15.9 Å². The van der Waals surface area contributed by atoms with Gasteiger partial charge in [0, 0.05) is 21.9 Å². The van der Waals surface area contributed by atoms with Crippen LogP contribution in [0.3, 0.4) is 0 Å². The highest BCUT2D eigenvalue weighted by Crippen LogP contribution is 2.24. The summed E-state index contributed by atoms with van der Waals surface area (Å²) in [4.78, 5) is 14.6. The lowest BCUT2D eigenvalue weighted by atomic mass is 10.3. The van der Waals surface area contributed by atoms with Crippen molar-refractivity contribution in [1.82, 2.24) is 4.90 Å². The summed E-state index contributed by atoms with van der Waals surface area (Å²) in [6.45, 7) is 5.25. The standard InChI is InChI=1S/C11H16BrNO2S/c1-8(2)13(7-11(14)15-3)6-10-9(12)4-5-16-10/h4-5,8H,6-7H2,1-3H3. The highest BCUT2D eigenvalue weighted by Gasteiger charge is 2.16. The first-order chi connectivity index (χ1) is 7.54. The summed E-state index contributed by atoms with van der Waals surface area (Å²) in [5.41, 5.74) is 0. The molecule has 1 heterocycles. The largest absolute Gasteiger partial charge is 0.468 e. The monoisotopic (exact) mass is 305 g/mol. The number of hydrogen-bond donors (Lipinski definition) is 0. The molecule has 0 aliphatic rings. The van der Waals surface area contributed by atoms with Gasteiger partial charge < -0.3 is 4.74 Å². The maximum absolute atomic E-state index is 11.3. The number of carbonyl (C=O) groups excluding carboxylic acids is 1. The fourth-order valence-corrected chi connectivity index (χ4v) is 2.78. The molecule has 0 aliphatic carbocycles. The van der Waals surface area contributed by atoms with Crippen molar-refractivity contribution in [3.05, 3.63) is 20.8 Å². The number of halogens is 1. The van der Waals surface area contributed by atoms with Crippen LogP contribution in [0.25, 0.3) is 0 Å². The lowest BCUT2D eigenvalue weighted by molar-refractivity contribution is -0.142. The molecule has 16 heavy (non-hydrogen) atoms. The molecule has 0 spiro atoms. The van der Waals surface area contributed by atoms with E-state index in [4.69, 9.17) is 4.74 Å². The van der Waals surface area contributed by atoms with Crippen molar-refractivity contribution in [2.45, 2.75) is 26.4 Å². The van der Waals surface area contributed by atoms with Crippen molar-refractivity contribution < 1.29 is 9.53 Å². The Kier molecular flexibility index (Phi) is 5.44. The molecule has 1 rings (SSSR count). The Morgan fingerprint density at radius 2 is 2.31 bits per heavy atom. The first-order valence-corrected chi connectivity index (χ1v) is 6.74. The minimum absolute atomic E-state index is 0.193. The summed E-state index contributed by atoms with van der Waals surface area (Å²) in [7, 11) is 1.42. The van der Waals surface area contributed by atoms with Gasteiger partial charge in [-0.1, -0.05) is 0 Å². The van der Waals surface area contributed by atoms with Crippen LogP contribution in [-0.2, 0) is 16.1 Å². The van der Waals surface area contributed by atoms with Gasteiger partial charge in [0.15, 0.2) is 0 Å². The number of nitrogens with zero attached hydrogens (tertiary/aromatic N) is 1. The van der Waals surface area contributed by atoms with Crippen LogP contribution >= 0.6 is 27.3 Å². The SMILES string of the molecule is COC(=O)CN(Cc1sccc1Br)C(C)C. The highest BCUT2D eigenvalue weighted by atomic mass is 79.9. The zero-order chi connectivity index (χ0) is 12.1. The number of esters is 1. The summed E-state index contributed by atoms with van der Waals surface area (Å²) in [6, 6.07) is 2.34. The maximum atomic E-state index is 11.3. The second-order valence-corrected chi connectivity index (χ2v) is 5.62. The lowest BCUT2D eigenvalue weighted by Crippen LogP contribution is -2.35. The van der Waals surface area contributed by atoms with Gasteiger partial charge in [0.2, 0.25) is 0 Å². The molecule has 0 N–H and O–H groups in total. The number of ether oxygens (including phenoxy) is 1. The number of thiophene rings is 1. The predicted octanol–water partition coefficient (Wildman–Crippen LogP) is 2.89. The number of hydrogen-bond acceptors (Lipinski definition) is 4. The Morgan fingerprint density at radius 3 is 2.75 bits per heavy atom. The van der Waals surface area contributed by atoms with Crippen LogP contribution in [0, 0.1) is 0 Å². The molecule has 0 radical (unpaired) electrons. The van der Waals surface area contributed by atoms with Crippen molar-refractivity contribution >= 4 is 33.2 Å². The highest BCUT2D eigenvalue weighted by molar-refractivity contribution is 9.10. The lowest BCUT2D eigenvalue weighted by Gasteiger charge is -2.24. The average molecular weight is 306 g/mol. The molecule has 5 heteroatoms. The topological polar surface area (TPSA) is 29.5 Å². The van der Waals surface area contributed by atoms with Crippen LogP contribution in [0.4, 0.5) is 0 Å². The van der Waals surface area contributed by atoms with Gasteiger partial charge in [-0.25, -0.2) is 0 Å². The van der Waals surface area contributed by atoms with Gasteiger partial charge in [-0.2, -0.15) is 0 Å². The summed E-state index contributed by atoms with van der Waals surface area (Å²) in [5.74, 6) is -0.193. The van der Waals surface area contributed by atoms with Gasteiger partial charge in [0.1, 0.15) is 0 Å². The van der Waals surface area contributed by atoms with Gasteiger partial charge in [-0.15, -0.1) is 11.3 Å². The van der Waals surface area contributed by atoms with Crippen molar-refractivity contribution in [2.24, 2.45) is 0 Å². The zero-order valence-corrected chi connectivity index (χ0v) is 12.1. The van der Waals surface area contributed by atoms with Crippen LogP contribution in [0.5, 0.6) is 0 Å².